The van der Waals surface area contributed by atoms with Gasteiger partial charge in [-0.3, -0.25) is 18.7 Å². The second-order valence-corrected chi connectivity index (χ2v) is 3.13. The zero-order chi connectivity index (χ0) is 12.1. The molecule has 0 radical (unpaired) electrons. The molecule has 0 spiro atoms. The molecular formula is C11H12N2O3. The van der Waals surface area contributed by atoms with Crippen LogP contribution in [0.5, 0.6) is 0 Å². The van der Waals surface area contributed by atoms with Crippen LogP contribution in [0.15, 0.2) is 41.1 Å². The maximum atomic E-state index is 11.8. The van der Waals surface area contributed by atoms with Gasteiger partial charge < -0.3 is 0 Å². The van der Waals surface area contributed by atoms with Gasteiger partial charge in [-0.1, -0.05) is 12.2 Å². The molecule has 0 aliphatic heterocycles. The quantitative estimate of drug-likeness (QED) is 0.526. The molecule has 5 heteroatoms. The number of aldehydes is 1. The fourth-order valence-corrected chi connectivity index (χ4v) is 1.32. The Morgan fingerprint density at radius 2 is 1.81 bits per heavy atom. The molecule has 5 nitrogen and oxygen atoms in total. The molecule has 84 valence electrons. The van der Waals surface area contributed by atoms with Crippen molar-refractivity contribution in [3.05, 3.63) is 57.9 Å². The monoisotopic (exact) mass is 220 g/mol. The van der Waals surface area contributed by atoms with Gasteiger partial charge in [0.2, 0.25) is 0 Å². The summed E-state index contributed by atoms with van der Waals surface area (Å²) in [5.41, 5.74) is -1.13. The predicted octanol–water partition coefficient (Wildman–Crippen LogP) is 0.194. The lowest BCUT2D eigenvalue weighted by molar-refractivity contribution is 0.112. The molecule has 0 aliphatic carbocycles. The molecule has 1 aromatic heterocycles. The highest BCUT2D eigenvalue weighted by Crippen LogP contribution is 1.87. The van der Waals surface area contributed by atoms with Gasteiger partial charge in [0.25, 0.3) is 5.56 Å². The van der Waals surface area contributed by atoms with Gasteiger partial charge in [-0.25, -0.2) is 4.79 Å². The third kappa shape index (κ3) is 2.08. The molecule has 0 fully saturated rings. The van der Waals surface area contributed by atoms with Crippen molar-refractivity contribution in [1.82, 2.24) is 9.13 Å². The van der Waals surface area contributed by atoms with E-state index in [0.29, 0.717) is 6.29 Å². The molecule has 0 saturated heterocycles. The van der Waals surface area contributed by atoms with Crippen molar-refractivity contribution in [3.63, 3.8) is 0 Å². The van der Waals surface area contributed by atoms with Gasteiger partial charge in [0.05, 0.1) is 5.56 Å². The molecule has 16 heavy (non-hydrogen) atoms. The van der Waals surface area contributed by atoms with Gasteiger partial charge in [-0.2, -0.15) is 0 Å². The molecule has 0 bridgehead atoms. The van der Waals surface area contributed by atoms with E-state index in [1.165, 1.54) is 22.9 Å². The third-order valence-corrected chi connectivity index (χ3v) is 2.03. The van der Waals surface area contributed by atoms with Crippen LogP contribution in [0.25, 0.3) is 0 Å². The lowest BCUT2D eigenvalue weighted by atomic mass is 10.3. The highest BCUT2D eigenvalue weighted by molar-refractivity contribution is 5.73. The van der Waals surface area contributed by atoms with Crippen molar-refractivity contribution < 1.29 is 4.79 Å². The van der Waals surface area contributed by atoms with Crippen LogP contribution >= 0.6 is 0 Å². The van der Waals surface area contributed by atoms with Crippen molar-refractivity contribution in [3.8, 4) is 0 Å². The molecule has 0 amide bonds. The second-order valence-electron chi connectivity index (χ2n) is 3.13. The van der Waals surface area contributed by atoms with E-state index in [-0.39, 0.29) is 18.7 Å². The molecule has 1 aromatic rings. The summed E-state index contributed by atoms with van der Waals surface area (Å²) < 4.78 is 2.21. The van der Waals surface area contributed by atoms with Crippen LogP contribution in [0.1, 0.15) is 10.4 Å². The predicted molar refractivity (Wildman–Crippen MR) is 60.7 cm³/mol. The van der Waals surface area contributed by atoms with E-state index in [9.17, 15) is 14.4 Å². The number of hydrogen-bond acceptors (Lipinski definition) is 3. The van der Waals surface area contributed by atoms with E-state index < -0.39 is 11.2 Å². The first-order valence-electron chi connectivity index (χ1n) is 4.67. The Kier molecular flexibility index (Phi) is 3.77. The Bertz CT molecular complexity index is 537. The largest absolute Gasteiger partial charge is 0.331 e. The van der Waals surface area contributed by atoms with Gasteiger partial charge in [-0.15, -0.1) is 13.2 Å². The number of carbonyl (C=O) groups is 1. The van der Waals surface area contributed by atoms with Crippen molar-refractivity contribution in [2.45, 2.75) is 13.1 Å². The smallest absolute Gasteiger partial charge is 0.298 e. The number of allylic oxidation sites excluding steroid dienone is 2. The van der Waals surface area contributed by atoms with Crippen molar-refractivity contribution in [1.29, 1.82) is 0 Å². The lowest BCUT2D eigenvalue weighted by Crippen LogP contribution is -2.40. The summed E-state index contributed by atoms with van der Waals surface area (Å²) in [5.74, 6) is 0. The summed E-state index contributed by atoms with van der Waals surface area (Å²) in [4.78, 5) is 34.0. The van der Waals surface area contributed by atoms with Gasteiger partial charge in [0, 0.05) is 19.3 Å². The molecule has 1 rings (SSSR count). The molecule has 0 saturated carbocycles. The summed E-state index contributed by atoms with van der Waals surface area (Å²) in [7, 11) is 0. The topological polar surface area (TPSA) is 61.1 Å². The van der Waals surface area contributed by atoms with Crippen LogP contribution in [-0.2, 0) is 13.1 Å². The van der Waals surface area contributed by atoms with Gasteiger partial charge >= 0.3 is 5.69 Å². The first-order valence-corrected chi connectivity index (χ1v) is 4.67. The minimum atomic E-state index is -0.597. The maximum absolute atomic E-state index is 11.8. The second kappa shape index (κ2) is 5.06. The molecule has 0 aromatic carbocycles. The van der Waals surface area contributed by atoms with Gasteiger partial charge in [0.15, 0.2) is 6.29 Å². The SMILES string of the molecule is C=CCn1cc(C=O)c(=O)n(CC=C)c1=O. The fourth-order valence-electron chi connectivity index (χ4n) is 1.32. The van der Waals surface area contributed by atoms with Crippen LogP contribution in [0.3, 0.4) is 0 Å². The molecular weight excluding hydrogens is 208 g/mol. The number of carbonyl (C=O) groups excluding carboxylic acids is 1. The first kappa shape index (κ1) is 11.9. The molecule has 0 N–H and O–H groups in total. The average Bonchev–Trinajstić information content (AvgIpc) is 2.28. The zero-order valence-electron chi connectivity index (χ0n) is 8.76. The molecule has 1 heterocycles. The lowest BCUT2D eigenvalue weighted by Gasteiger charge is -2.07. The van der Waals surface area contributed by atoms with Crippen LogP contribution in [0.4, 0.5) is 0 Å². The van der Waals surface area contributed by atoms with Gasteiger partial charge in [-0.05, 0) is 0 Å². The Hall–Kier alpha value is -2.17. The first-order chi connectivity index (χ1) is 7.65. The third-order valence-electron chi connectivity index (χ3n) is 2.03. The normalized spacial score (nSPS) is 9.75. The summed E-state index contributed by atoms with van der Waals surface area (Å²) >= 11 is 0. The fraction of sp³-hybridized carbons (Fsp3) is 0.182. The van der Waals surface area contributed by atoms with E-state index >= 15 is 0 Å². The van der Waals surface area contributed by atoms with Gasteiger partial charge in [0.1, 0.15) is 0 Å². The van der Waals surface area contributed by atoms with Crippen LogP contribution in [0.2, 0.25) is 0 Å². The summed E-state index contributed by atoms with van der Waals surface area (Å²) in [5, 5.41) is 0. The molecule has 0 aliphatic rings. The number of aromatic nitrogens is 2. The van der Waals surface area contributed by atoms with Crippen molar-refractivity contribution >= 4 is 6.29 Å². The van der Waals surface area contributed by atoms with Crippen molar-refractivity contribution in [2.24, 2.45) is 0 Å². The van der Waals surface area contributed by atoms with E-state index in [1.54, 1.807) is 0 Å². The minimum Gasteiger partial charge on any atom is -0.298 e. The zero-order valence-corrected chi connectivity index (χ0v) is 8.76. The maximum Gasteiger partial charge on any atom is 0.331 e. The van der Waals surface area contributed by atoms with Crippen LogP contribution in [-0.4, -0.2) is 15.4 Å². The van der Waals surface area contributed by atoms with Crippen molar-refractivity contribution in [2.75, 3.05) is 0 Å². The molecule has 0 unspecified atom stereocenters. The van der Waals surface area contributed by atoms with Crippen LogP contribution < -0.4 is 11.2 Å². The number of hydrogen-bond donors (Lipinski definition) is 0. The number of rotatable bonds is 5. The molecule has 0 atom stereocenters. The Morgan fingerprint density at radius 1 is 1.19 bits per heavy atom. The highest BCUT2D eigenvalue weighted by Gasteiger charge is 2.08. The summed E-state index contributed by atoms with van der Waals surface area (Å²) in [6.45, 7) is 7.28. The van der Waals surface area contributed by atoms with E-state index in [1.807, 2.05) is 0 Å². The van der Waals surface area contributed by atoms with E-state index in [4.69, 9.17) is 0 Å². The summed E-state index contributed by atoms with van der Waals surface area (Å²) in [6.07, 6.45) is 4.61. The minimum absolute atomic E-state index is 0.0525. The summed E-state index contributed by atoms with van der Waals surface area (Å²) in [6, 6.07) is 0. The van der Waals surface area contributed by atoms with E-state index in [0.717, 1.165) is 4.57 Å². The highest BCUT2D eigenvalue weighted by atomic mass is 16.2. The Balaban J connectivity index is 3.56. The van der Waals surface area contributed by atoms with Crippen LogP contribution in [0, 0.1) is 0 Å². The Morgan fingerprint density at radius 3 is 2.31 bits per heavy atom. The standard InChI is InChI=1S/C11H12N2O3/c1-3-5-12-7-9(8-14)10(15)13(6-4-2)11(12)16/h3-4,7-8H,1-2,5-6H2. The average molecular weight is 220 g/mol. The Labute approximate surface area is 92.0 Å². The number of nitrogens with zero attached hydrogens (tertiary/aromatic N) is 2. The van der Waals surface area contributed by atoms with E-state index in [2.05, 4.69) is 13.2 Å².